The van der Waals surface area contributed by atoms with Crippen molar-refractivity contribution >= 4 is 17.2 Å². The van der Waals surface area contributed by atoms with E-state index in [0.29, 0.717) is 18.1 Å². The second-order valence-corrected chi connectivity index (χ2v) is 8.02. The molecule has 146 valence electrons. The summed E-state index contributed by atoms with van der Waals surface area (Å²) in [5.74, 6) is 0.455. The standard InChI is InChI=1S/C21H20N6OS/c1-14-16(20(28)26-11-10-25-9-3-5-18(25)15(26)2)13-23-27(14)21-22-8-7-17(24-21)19-6-4-12-29-19/h3-9,12-13,15H,10-11H2,1-2H3. The molecule has 1 atom stereocenters. The Morgan fingerprint density at radius 1 is 1.21 bits per heavy atom. The lowest BCUT2D eigenvalue weighted by molar-refractivity contribution is 0.0643. The monoisotopic (exact) mass is 404 g/mol. The van der Waals surface area contributed by atoms with Crippen LogP contribution in [-0.4, -0.2) is 41.7 Å². The summed E-state index contributed by atoms with van der Waals surface area (Å²) < 4.78 is 3.84. The molecule has 0 saturated heterocycles. The number of rotatable bonds is 3. The van der Waals surface area contributed by atoms with Crippen LogP contribution in [-0.2, 0) is 6.54 Å². The van der Waals surface area contributed by atoms with Gasteiger partial charge in [-0.3, -0.25) is 4.79 Å². The number of carbonyl (C=O) groups is 1. The molecule has 4 aromatic rings. The second-order valence-electron chi connectivity index (χ2n) is 7.08. The Kier molecular flexibility index (Phi) is 4.28. The predicted octanol–water partition coefficient (Wildman–Crippen LogP) is 3.72. The maximum absolute atomic E-state index is 13.3. The van der Waals surface area contributed by atoms with Gasteiger partial charge >= 0.3 is 0 Å². The molecular formula is C21H20N6OS. The number of thiophene rings is 1. The van der Waals surface area contributed by atoms with Gasteiger partial charge in [-0.1, -0.05) is 6.07 Å². The number of fused-ring (bicyclic) bond motifs is 1. The van der Waals surface area contributed by atoms with E-state index in [0.717, 1.165) is 28.5 Å². The third kappa shape index (κ3) is 2.96. The highest BCUT2D eigenvalue weighted by Gasteiger charge is 2.30. The SMILES string of the molecule is Cc1c(C(=O)N2CCn3cccc3C2C)cnn1-c1nccc(-c2cccs2)n1. The van der Waals surface area contributed by atoms with E-state index in [1.165, 1.54) is 0 Å². The van der Waals surface area contributed by atoms with Gasteiger partial charge in [0.05, 0.1) is 34.1 Å². The lowest BCUT2D eigenvalue weighted by Crippen LogP contribution is -2.40. The van der Waals surface area contributed by atoms with Crippen LogP contribution in [0, 0.1) is 6.92 Å². The van der Waals surface area contributed by atoms with Gasteiger partial charge in [0, 0.05) is 31.2 Å². The molecule has 29 heavy (non-hydrogen) atoms. The Hall–Kier alpha value is -3.26. The minimum atomic E-state index is -0.0110. The molecule has 0 bridgehead atoms. The molecular weight excluding hydrogens is 384 g/mol. The third-order valence-corrected chi connectivity index (χ3v) is 6.34. The fourth-order valence-corrected chi connectivity index (χ4v) is 4.54. The first kappa shape index (κ1) is 17.8. The van der Waals surface area contributed by atoms with Crippen LogP contribution >= 0.6 is 11.3 Å². The van der Waals surface area contributed by atoms with Gasteiger partial charge in [0.1, 0.15) is 0 Å². The van der Waals surface area contributed by atoms with E-state index in [-0.39, 0.29) is 11.9 Å². The smallest absolute Gasteiger partial charge is 0.257 e. The first-order chi connectivity index (χ1) is 14.1. The number of hydrogen-bond acceptors (Lipinski definition) is 5. The second kappa shape index (κ2) is 6.97. The topological polar surface area (TPSA) is 68.8 Å². The summed E-state index contributed by atoms with van der Waals surface area (Å²) in [5.41, 5.74) is 3.33. The molecule has 0 aromatic carbocycles. The van der Waals surface area contributed by atoms with E-state index >= 15 is 0 Å². The van der Waals surface area contributed by atoms with Crippen molar-refractivity contribution in [2.24, 2.45) is 0 Å². The first-order valence-corrected chi connectivity index (χ1v) is 10.4. The molecule has 0 fully saturated rings. The third-order valence-electron chi connectivity index (χ3n) is 5.45. The molecule has 0 saturated carbocycles. The molecule has 1 aliphatic heterocycles. The molecule has 5 heterocycles. The molecule has 8 heteroatoms. The quantitative estimate of drug-likeness (QED) is 0.522. The Morgan fingerprint density at radius 2 is 2.10 bits per heavy atom. The van der Waals surface area contributed by atoms with E-state index in [4.69, 9.17) is 0 Å². The summed E-state index contributed by atoms with van der Waals surface area (Å²) in [6.45, 7) is 5.43. The van der Waals surface area contributed by atoms with Gasteiger partial charge in [-0.05, 0) is 43.5 Å². The summed E-state index contributed by atoms with van der Waals surface area (Å²) >= 11 is 1.63. The van der Waals surface area contributed by atoms with Crippen molar-refractivity contribution in [3.8, 4) is 16.5 Å². The van der Waals surface area contributed by atoms with Gasteiger partial charge in [-0.2, -0.15) is 5.10 Å². The van der Waals surface area contributed by atoms with E-state index in [9.17, 15) is 4.79 Å². The van der Waals surface area contributed by atoms with Crippen LogP contribution in [0.5, 0.6) is 0 Å². The fourth-order valence-electron chi connectivity index (χ4n) is 3.84. The number of amides is 1. The van der Waals surface area contributed by atoms with Gasteiger partial charge < -0.3 is 9.47 Å². The summed E-state index contributed by atoms with van der Waals surface area (Å²) in [6.07, 6.45) is 5.41. The molecule has 0 aliphatic carbocycles. The predicted molar refractivity (Wildman–Crippen MR) is 111 cm³/mol. The minimum Gasteiger partial charge on any atom is -0.348 e. The van der Waals surface area contributed by atoms with Crippen molar-refractivity contribution in [1.29, 1.82) is 0 Å². The van der Waals surface area contributed by atoms with E-state index in [2.05, 4.69) is 38.8 Å². The zero-order valence-electron chi connectivity index (χ0n) is 16.2. The Morgan fingerprint density at radius 3 is 2.93 bits per heavy atom. The normalized spacial score (nSPS) is 16.1. The van der Waals surface area contributed by atoms with Gasteiger partial charge in [0.2, 0.25) is 0 Å². The van der Waals surface area contributed by atoms with Crippen LogP contribution in [0.1, 0.15) is 34.7 Å². The molecule has 0 radical (unpaired) electrons. The zero-order valence-corrected chi connectivity index (χ0v) is 17.0. The molecule has 1 unspecified atom stereocenters. The molecule has 7 nitrogen and oxygen atoms in total. The molecule has 0 spiro atoms. The maximum atomic E-state index is 13.3. The largest absolute Gasteiger partial charge is 0.348 e. The molecule has 1 amide bonds. The van der Waals surface area contributed by atoms with E-state index in [1.54, 1.807) is 28.4 Å². The number of nitrogens with zero attached hydrogens (tertiary/aromatic N) is 6. The first-order valence-electron chi connectivity index (χ1n) is 9.51. The van der Waals surface area contributed by atoms with Crippen molar-refractivity contribution in [3.63, 3.8) is 0 Å². The van der Waals surface area contributed by atoms with Gasteiger partial charge in [0.25, 0.3) is 11.9 Å². The summed E-state index contributed by atoms with van der Waals surface area (Å²) in [7, 11) is 0. The maximum Gasteiger partial charge on any atom is 0.257 e. The summed E-state index contributed by atoms with van der Waals surface area (Å²) in [5, 5.41) is 6.44. The Labute approximate surface area is 172 Å². The number of hydrogen-bond donors (Lipinski definition) is 0. The molecule has 0 N–H and O–H groups in total. The van der Waals surface area contributed by atoms with Gasteiger partial charge in [-0.25, -0.2) is 14.6 Å². The van der Waals surface area contributed by atoms with Crippen LogP contribution in [0.25, 0.3) is 16.5 Å². The Bertz CT molecular complexity index is 1180. The zero-order chi connectivity index (χ0) is 20.0. The molecule has 4 aromatic heterocycles. The van der Waals surface area contributed by atoms with Crippen LogP contribution in [0.3, 0.4) is 0 Å². The highest BCUT2D eigenvalue weighted by atomic mass is 32.1. The fraction of sp³-hybridized carbons (Fsp3) is 0.238. The van der Waals surface area contributed by atoms with Crippen molar-refractivity contribution in [2.75, 3.05) is 6.54 Å². The Balaban J connectivity index is 1.46. The van der Waals surface area contributed by atoms with Crippen LogP contribution < -0.4 is 0 Å². The highest BCUT2D eigenvalue weighted by Crippen LogP contribution is 2.28. The van der Waals surface area contributed by atoms with Crippen LogP contribution in [0.4, 0.5) is 0 Å². The molecule has 1 aliphatic rings. The van der Waals surface area contributed by atoms with Crippen molar-refractivity contribution in [2.45, 2.75) is 26.4 Å². The van der Waals surface area contributed by atoms with Gasteiger partial charge in [0.15, 0.2) is 0 Å². The van der Waals surface area contributed by atoms with Gasteiger partial charge in [-0.15, -0.1) is 11.3 Å². The van der Waals surface area contributed by atoms with E-state index < -0.39 is 0 Å². The van der Waals surface area contributed by atoms with Crippen molar-refractivity contribution in [1.82, 2.24) is 29.2 Å². The number of aromatic nitrogens is 5. The average molecular weight is 404 g/mol. The molecule has 5 rings (SSSR count). The van der Waals surface area contributed by atoms with Crippen LogP contribution in [0.2, 0.25) is 0 Å². The lowest BCUT2D eigenvalue weighted by atomic mass is 10.1. The highest BCUT2D eigenvalue weighted by molar-refractivity contribution is 7.13. The van der Waals surface area contributed by atoms with Crippen LogP contribution in [0.15, 0.2) is 54.3 Å². The van der Waals surface area contributed by atoms with Crippen molar-refractivity contribution in [3.05, 3.63) is 71.3 Å². The van der Waals surface area contributed by atoms with E-state index in [1.807, 2.05) is 41.5 Å². The minimum absolute atomic E-state index is 0.0110. The summed E-state index contributed by atoms with van der Waals surface area (Å²) in [6, 6.07) is 10.0. The average Bonchev–Trinajstić information content (AvgIpc) is 3.49. The number of carbonyl (C=O) groups excluding carboxylic acids is 1. The lowest BCUT2D eigenvalue weighted by Gasteiger charge is -2.34. The van der Waals surface area contributed by atoms with Crippen molar-refractivity contribution < 1.29 is 4.79 Å². The summed E-state index contributed by atoms with van der Waals surface area (Å²) in [4.78, 5) is 25.3.